The first-order valence-corrected chi connectivity index (χ1v) is 8.07. The molecule has 0 aliphatic rings. The summed E-state index contributed by atoms with van der Waals surface area (Å²) in [6.07, 6.45) is 1.54. The molecule has 0 unspecified atom stereocenters. The van der Waals surface area contributed by atoms with Crippen LogP contribution in [0.3, 0.4) is 0 Å². The minimum Gasteiger partial charge on any atom is -0.493 e. The minimum absolute atomic E-state index is 0. The molecule has 0 saturated heterocycles. The minimum atomic E-state index is 0. The normalized spacial score (nSPS) is 11.2. The lowest BCUT2D eigenvalue weighted by molar-refractivity contribution is 0.271. The first-order chi connectivity index (χ1) is 11.6. The Hall–Kier alpha value is -1.84. The van der Waals surface area contributed by atoms with E-state index in [0.29, 0.717) is 25.0 Å². The Balaban J connectivity index is 0.00000312. The average Bonchev–Trinajstić information content (AvgIpc) is 2.98. The SMILES string of the molecule is CN=C(NCc1cccc(OCC(C)C)c1)NCc1ncnn1C.I. The van der Waals surface area contributed by atoms with Crippen LogP contribution in [0.15, 0.2) is 35.6 Å². The van der Waals surface area contributed by atoms with Crippen LogP contribution >= 0.6 is 24.0 Å². The Morgan fingerprint density at radius 1 is 1.28 bits per heavy atom. The van der Waals surface area contributed by atoms with Gasteiger partial charge in [-0.05, 0) is 23.6 Å². The molecule has 0 aliphatic heterocycles. The standard InChI is InChI=1S/C17H26N6O.HI/c1-13(2)11-24-15-7-5-6-14(8-15)9-19-17(18-3)20-10-16-21-12-22-23(16)4;/h5-8,12-13H,9-11H2,1-4H3,(H2,18,19,20);1H. The van der Waals surface area contributed by atoms with Crippen LogP contribution in [-0.4, -0.2) is 34.4 Å². The third-order valence-corrected chi connectivity index (χ3v) is 3.38. The zero-order chi connectivity index (χ0) is 17.4. The predicted molar refractivity (Wildman–Crippen MR) is 110 cm³/mol. The summed E-state index contributed by atoms with van der Waals surface area (Å²) in [5.41, 5.74) is 1.14. The highest BCUT2D eigenvalue weighted by molar-refractivity contribution is 14.0. The summed E-state index contributed by atoms with van der Waals surface area (Å²) in [5.74, 6) is 2.97. The van der Waals surface area contributed by atoms with Crippen molar-refractivity contribution in [3.05, 3.63) is 42.0 Å². The maximum atomic E-state index is 5.76. The van der Waals surface area contributed by atoms with Gasteiger partial charge in [-0.25, -0.2) is 4.98 Å². The largest absolute Gasteiger partial charge is 0.493 e. The van der Waals surface area contributed by atoms with E-state index >= 15 is 0 Å². The molecule has 2 aromatic rings. The first kappa shape index (κ1) is 21.2. The molecular weight excluding hydrogens is 431 g/mol. The molecule has 25 heavy (non-hydrogen) atoms. The molecule has 0 amide bonds. The van der Waals surface area contributed by atoms with Crippen LogP contribution in [0.5, 0.6) is 5.75 Å². The second kappa shape index (κ2) is 10.9. The van der Waals surface area contributed by atoms with E-state index in [2.05, 4.69) is 45.6 Å². The van der Waals surface area contributed by atoms with E-state index in [9.17, 15) is 0 Å². The molecule has 2 N–H and O–H groups in total. The van der Waals surface area contributed by atoms with E-state index in [1.165, 1.54) is 6.33 Å². The molecule has 0 fully saturated rings. The number of aryl methyl sites for hydroxylation is 1. The number of nitrogens with zero attached hydrogens (tertiary/aromatic N) is 4. The smallest absolute Gasteiger partial charge is 0.191 e. The van der Waals surface area contributed by atoms with Crippen molar-refractivity contribution in [3.63, 3.8) is 0 Å². The maximum Gasteiger partial charge on any atom is 0.191 e. The van der Waals surface area contributed by atoms with E-state index in [4.69, 9.17) is 4.74 Å². The number of hydrogen-bond donors (Lipinski definition) is 2. The summed E-state index contributed by atoms with van der Waals surface area (Å²) >= 11 is 0. The van der Waals surface area contributed by atoms with Crippen LogP contribution in [0.25, 0.3) is 0 Å². The first-order valence-electron chi connectivity index (χ1n) is 8.07. The van der Waals surface area contributed by atoms with Crippen LogP contribution in [0, 0.1) is 5.92 Å². The third-order valence-electron chi connectivity index (χ3n) is 3.38. The van der Waals surface area contributed by atoms with E-state index in [1.807, 2.05) is 25.2 Å². The fourth-order valence-electron chi connectivity index (χ4n) is 2.06. The van der Waals surface area contributed by atoms with Crippen molar-refractivity contribution >= 4 is 29.9 Å². The van der Waals surface area contributed by atoms with Crippen LogP contribution in [-0.2, 0) is 20.1 Å². The second-order valence-electron chi connectivity index (χ2n) is 5.93. The van der Waals surface area contributed by atoms with Crippen molar-refractivity contribution < 1.29 is 4.74 Å². The molecule has 138 valence electrons. The molecule has 0 aliphatic carbocycles. The van der Waals surface area contributed by atoms with Crippen molar-refractivity contribution in [2.75, 3.05) is 13.7 Å². The Morgan fingerprint density at radius 3 is 2.68 bits per heavy atom. The lowest BCUT2D eigenvalue weighted by Gasteiger charge is -2.13. The monoisotopic (exact) mass is 458 g/mol. The van der Waals surface area contributed by atoms with Crippen LogP contribution in [0.4, 0.5) is 0 Å². The molecule has 2 rings (SSSR count). The van der Waals surface area contributed by atoms with Gasteiger partial charge in [-0.2, -0.15) is 5.10 Å². The summed E-state index contributed by atoms with van der Waals surface area (Å²) in [7, 11) is 3.61. The van der Waals surface area contributed by atoms with Gasteiger partial charge in [0.1, 0.15) is 17.9 Å². The van der Waals surface area contributed by atoms with Crippen molar-refractivity contribution in [2.45, 2.75) is 26.9 Å². The number of nitrogens with one attached hydrogen (secondary N) is 2. The van der Waals surface area contributed by atoms with Crippen molar-refractivity contribution in [1.82, 2.24) is 25.4 Å². The lowest BCUT2D eigenvalue weighted by Crippen LogP contribution is -2.36. The van der Waals surface area contributed by atoms with Crippen molar-refractivity contribution in [1.29, 1.82) is 0 Å². The highest BCUT2D eigenvalue weighted by Gasteiger charge is 2.04. The number of rotatable bonds is 7. The fraction of sp³-hybridized carbons (Fsp3) is 0.471. The zero-order valence-corrected chi connectivity index (χ0v) is 17.5. The van der Waals surface area contributed by atoms with Crippen LogP contribution < -0.4 is 15.4 Å². The molecule has 7 nitrogen and oxygen atoms in total. The third kappa shape index (κ3) is 7.29. The highest BCUT2D eigenvalue weighted by Crippen LogP contribution is 2.14. The van der Waals surface area contributed by atoms with E-state index in [-0.39, 0.29) is 24.0 Å². The molecule has 8 heteroatoms. The lowest BCUT2D eigenvalue weighted by atomic mass is 10.2. The van der Waals surface area contributed by atoms with E-state index < -0.39 is 0 Å². The Bertz CT molecular complexity index is 671. The molecule has 0 radical (unpaired) electrons. The Labute approximate surface area is 166 Å². The quantitative estimate of drug-likeness (QED) is 0.379. The highest BCUT2D eigenvalue weighted by atomic mass is 127. The summed E-state index contributed by atoms with van der Waals surface area (Å²) in [4.78, 5) is 8.40. The van der Waals surface area contributed by atoms with Gasteiger partial charge in [-0.15, -0.1) is 24.0 Å². The Morgan fingerprint density at radius 2 is 2.04 bits per heavy atom. The number of halogens is 1. The fourth-order valence-corrected chi connectivity index (χ4v) is 2.06. The summed E-state index contributed by atoms with van der Waals surface area (Å²) in [5, 5.41) is 10.6. The van der Waals surface area contributed by atoms with E-state index in [0.717, 1.165) is 23.7 Å². The van der Waals surface area contributed by atoms with Gasteiger partial charge in [0, 0.05) is 20.6 Å². The summed E-state index contributed by atoms with van der Waals surface area (Å²) in [6, 6.07) is 8.09. The number of guanidine groups is 1. The maximum absolute atomic E-state index is 5.76. The molecular formula is C17H27IN6O. The number of ether oxygens (including phenoxy) is 1. The topological polar surface area (TPSA) is 76.4 Å². The van der Waals surface area contributed by atoms with Crippen LogP contribution in [0.2, 0.25) is 0 Å². The molecule has 0 spiro atoms. The van der Waals surface area contributed by atoms with Crippen molar-refractivity contribution in [3.8, 4) is 5.75 Å². The molecule has 1 aromatic heterocycles. The molecule has 1 heterocycles. The van der Waals surface area contributed by atoms with Crippen molar-refractivity contribution in [2.24, 2.45) is 18.0 Å². The zero-order valence-electron chi connectivity index (χ0n) is 15.2. The predicted octanol–water partition coefficient (Wildman–Crippen LogP) is 2.33. The number of aliphatic imine (C=N–C) groups is 1. The van der Waals surface area contributed by atoms with Gasteiger partial charge in [0.25, 0.3) is 0 Å². The number of aromatic nitrogens is 3. The van der Waals surface area contributed by atoms with Gasteiger partial charge in [0.15, 0.2) is 5.96 Å². The molecule has 0 bridgehead atoms. The van der Waals surface area contributed by atoms with Crippen LogP contribution in [0.1, 0.15) is 25.2 Å². The summed E-state index contributed by atoms with van der Waals surface area (Å²) < 4.78 is 7.49. The van der Waals surface area contributed by atoms with Gasteiger partial charge in [0.05, 0.1) is 13.2 Å². The Kier molecular flexibility index (Phi) is 9.25. The average molecular weight is 458 g/mol. The van der Waals surface area contributed by atoms with Gasteiger partial charge < -0.3 is 15.4 Å². The molecule has 1 aromatic carbocycles. The van der Waals surface area contributed by atoms with E-state index in [1.54, 1.807) is 11.7 Å². The molecule has 0 saturated carbocycles. The molecule has 0 atom stereocenters. The van der Waals surface area contributed by atoms with Gasteiger partial charge in [0.2, 0.25) is 0 Å². The van der Waals surface area contributed by atoms with Gasteiger partial charge in [-0.1, -0.05) is 26.0 Å². The van der Waals surface area contributed by atoms with Gasteiger partial charge >= 0.3 is 0 Å². The number of hydrogen-bond acceptors (Lipinski definition) is 4. The van der Waals surface area contributed by atoms with Gasteiger partial charge in [-0.3, -0.25) is 9.67 Å². The summed E-state index contributed by atoms with van der Waals surface area (Å²) in [6.45, 7) is 6.22. The number of benzene rings is 1. The second-order valence-corrected chi connectivity index (χ2v) is 5.93.